The van der Waals surface area contributed by atoms with E-state index >= 15 is 0 Å². The SMILES string of the molecule is N#CCc1nc(C(=O)N2CCC3(CC2)O[C@@H]2CC[C@@H](c4cc(F)cc(F)c4)N2C3=O)cs1. The molecular weight excluding hydrogens is 438 g/mol. The minimum absolute atomic E-state index is 0.164. The Morgan fingerprint density at radius 2 is 1.97 bits per heavy atom. The number of piperidine rings is 1. The highest BCUT2D eigenvalue weighted by Gasteiger charge is 2.58. The molecular formula is C22H20F2N4O3S. The summed E-state index contributed by atoms with van der Waals surface area (Å²) in [6, 6.07) is 4.94. The Hall–Kier alpha value is -2.90. The van der Waals surface area contributed by atoms with Crippen LogP contribution in [0.3, 0.4) is 0 Å². The number of halogens is 2. The molecule has 7 nitrogen and oxygen atoms in total. The molecule has 5 rings (SSSR count). The van der Waals surface area contributed by atoms with E-state index in [2.05, 4.69) is 4.98 Å². The number of ether oxygens (including phenoxy) is 1. The van der Waals surface area contributed by atoms with Gasteiger partial charge in [-0.05, 0) is 30.5 Å². The van der Waals surface area contributed by atoms with Crippen molar-refractivity contribution in [1.29, 1.82) is 5.26 Å². The number of fused-ring (bicyclic) bond motifs is 1. The van der Waals surface area contributed by atoms with Crippen LogP contribution in [0.1, 0.15) is 52.8 Å². The monoisotopic (exact) mass is 458 g/mol. The molecule has 3 aliphatic rings. The van der Waals surface area contributed by atoms with Crippen LogP contribution in [0, 0.1) is 23.0 Å². The van der Waals surface area contributed by atoms with Crippen molar-refractivity contribution >= 4 is 23.2 Å². The first kappa shape index (κ1) is 21.0. The second kappa shape index (κ2) is 7.90. The highest BCUT2D eigenvalue weighted by atomic mass is 32.1. The quantitative estimate of drug-likeness (QED) is 0.705. The first-order chi connectivity index (χ1) is 15.4. The second-order valence-electron chi connectivity index (χ2n) is 8.33. The van der Waals surface area contributed by atoms with Gasteiger partial charge in [0, 0.05) is 37.4 Å². The van der Waals surface area contributed by atoms with Crippen LogP contribution in [-0.4, -0.2) is 51.5 Å². The van der Waals surface area contributed by atoms with Crippen molar-refractivity contribution in [2.45, 2.75) is 50.0 Å². The molecule has 0 bridgehead atoms. The molecule has 3 saturated heterocycles. The fourth-order valence-electron chi connectivity index (χ4n) is 4.93. The molecule has 0 saturated carbocycles. The number of benzene rings is 1. The molecule has 1 aromatic carbocycles. The number of thiazole rings is 1. The lowest BCUT2D eigenvalue weighted by Gasteiger charge is -2.37. The normalized spacial score (nSPS) is 24.1. The van der Waals surface area contributed by atoms with E-state index in [9.17, 15) is 18.4 Å². The van der Waals surface area contributed by atoms with E-state index in [-0.39, 0.29) is 18.2 Å². The van der Waals surface area contributed by atoms with E-state index in [1.165, 1.54) is 23.5 Å². The van der Waals surface area contributed by atoms with Gasteiger partial charge in [0.05, 0.1) is 18.5 Å². The van der Waals surface area contributed by atoms with E-state index in [1.54, 1.807) is 15.2 Å². The standard InChI is InChI=1S/C22H20F2N4O3S/c23-14-9-13(10-15(24)11-14)17-1-2-19-28(17)21(30)22(31-19)4-7-27(8-5-22)20(29)16-12-32-18(26-16)3-6-25/h9-12,17,19H,1-5,7-8H2/t17-,19+/m0/s1. The molecule has 10 heteroatoms. The van der Waals surface area contributed by atoms with Gasteiger partial charge >= 0.3 is 0 Å². The van der Waals surface area contributed by atoms with E-state index in [4.69, 9.17) is 10.00 Å². The van der Waals surface area contributed by atoms with Crippen molar-refractivity contribution < 1.29 is 23.1 Å². The molecule has 0 radical (unpaired) electrons. The fourth-order valence-corrected chi connectivity index (χ4v) is 5.63. The van der Waals surface area contributed by atoms with Gasteiger partial charge in [-0.15, -0.1) is 11.3 Å². The summed E-state index contributed by atoms with van der Waals surface area (Å²) in [6.45, 7) is 0.686. The Labute approximate surface area is 187 Å². The van der Waals surface area contributed by atoms with Gasteiger partial charge in [-0.1, -0.05) is 0 Å². The molecule has 2 atom stereocenters. The average Bonchev–Trinajstić information content (AvgIpc) is 3.45. The molecule has 0 unspecified atom stereocenters. The second-order valence-corrected chi connectivity index (χ2v) is 9.27. The summed E-state index contributed by atoms with van der Waals surface area (Å²) in [6.07, 6.45) is 1.62. The maximum Gasteiger partial charge on any atom is 0.273 e. The number of likely N-dealkylation sites (tertiary alicyclic amines) is 1. The van der Waals surface area contributed by atoms with Crippen LogP contribution in [-0.2, 0) is 16.0 Å². The summed E-state index contributed by atoms with van der Waals surface area (Å²) in [5.74, 6) is -1.74. The molecule has 1 aromatic heterocycles. The number of carbonyl (C=O) groups is 2. The third kappa shape index (κ3) is 3.45. The number of hydrogen-bond acceptors (Lipinski definition) is 6. The van der Waals surface area contributed by atoms with Gasteiger partial charge in [0.15, 0.2) is 5.60 Å². The Morgan fingerprint density at radius 3 is 2.66 bits per heavy atom. The summed E-state index contributed by atoms with van der Waals surface area (Å²) < 4.78 is 33.7. The van der Waals surface area contributed by atoms with Gasteiger partial charge in [-0.3, -0.25) is 9.59 Å². The van der Waals surface area contributed by atoms with Crippen LogP contribution >= 0.6 is 11.3 Å². The largest absolute Gasteiger partial charge is 0.342 e. The van der Waals surface area contributed by atoms with Crippen LogP contribution in [0.4, 0.5) is 8.78 Å². The van der Waals surface area contributed by atoms with Gasteiger partial charge in [0.1, 0.15) is 28.6 Å². The Bertz CT molecular complexity index is 1100. The van der Waals surface area contributed by atoms with Gasteiger partial charge in [-0.25, -0.2) is 13.8 Å². The van der Waals surface area contributed by atoms with Crippen molar-refractivity contribution in [2.75, 3.05) is 13.1 Å². The zero-order valence-electron chi connectivity index (χ0n) is 17.1. The topological polar surface area (TPSA) is 86.5 Å². The predicted molar refractivity (Wildman–Crippen MR) is 109 cm³/mol. The van der Waals surface area contributed by atoms with Crippen LogP contribution in [0.25, 0.3) is 0 Å². The summed E-state index contributed by atoms with van der Waals surface area (Å²) in [5.41, 5.74) is -0.271. The number of hydrogen-bond donors (Lipinski definition) is 0. The van der Waals surface area contributed by atoms with Gasteiger partial charge in [-0.2, -0.15) is 5.26 Å². The smallest absolute Gasteiger partial charge is 0.273 e. The molecule has 32 heavy (non-hydrogen) atoms. The number of rotatable bonds is 3. The van der Waals surface area contributed by atoms with E-state index in [0.717, 1.165) is 6.07 Å². The van der Waals surface area contributed by atoms with Gasteiger partial charge in [0.2, 0.25) is 0 Å². The first-order valence-electron chi connectivity index (χ1n) is 10.5. The lowest BCUT2D eigenvalue weighted by Crippen LogP contribution is -2.51. The zero-order valence-corrected chi connectivity index (χ0v) is 17.9. The van der Waals surface area contributed by atoms with Crippen molar-refractivity contribution in [3.05, 3.63) is 51.5 Å². The first-order valence-corrected chi connectivity index (χ1v) is 11.4. The van der Waals surface area contributed by atoms with Crippen molar-refractivity contribution in [3.63, 3.8) is 0 Å². The minimum atomic E-state index is -1.01. The fraction of sp³-hybridized carbons (Fsp3) is 0.455. The molecule has 3 aliphatic heterocycles. The number of aromatic nitrogens is 1. The van der Waals surface area contributed by atoms with E-state index in [1.807, 2.05) is 6.07 Å². The number of carbonyl (C=O) groups excluding carboxylic acids is 2. The molecule has 2 amide bonds. The Kier molecular flexibility index (Phi) is 5.18. The summed E-state index contributed by atoms with van der Waals surface area (Å²) in [4.78, 5) is 33.7. The molecule has 1 spiro atoms. The molecule has 2 aromatic rings. The third-order valence-corrected chi connectivity index (χ3v) is 7.30. The molecule has 3 fully saturated rings. The van der Waals surface area contributed by atoms with Crippen LogP contribution in [0.5, 0.6) is 0 Å². The number of amides is 2. The average molecular weight is 458 g/mol. The third-order valence-electron chi connectivity index (χ3n) is 6.45. The minimum Gasteiger partial charge on any atom is -0.342 e. The number of nitrogens with zero attached hydrogens (tertiary/aromatic N) is 4. The molecule has 166 valence electrons. The van der Waals surface area contributed by atoms with Crippen molar-refractivity contribution in [2.24, 2.45) is 0 Å². The van der Waals surface area contributed by atoms with Crippen LogP contribution < -0.4 is 0 Å². The maximum absolute atomic E-state index is 13.7. The number of nitriles is 1. The molecule has 4 heterocycles. The van der Waals surface area contributed by atoms with E-state index in [0.29, 0.717) is 55.0 Å². The maximum atomic E-state index is 13.7. The lowest BCUT2D eigenvalue weighted by atomic mass is 9.89. The van der Waals surface area contributed by atoms with Gasteiger partial charge < -0.3 is 14.5 Å². The summed E-state index contributed by atoms with van der Waals surface area (Å²) in [7, 11) is 0. The summed E-state index contributed by atoms with van der Waals surface area (Å²) >= 11 is 1.28. The molecule has 0 aliphatic carbocycles. The summed E-state index contributed by atoms with van der Waals surface area (Å²) in [5, 5.41) is 11.0. The zero-order chi connectivity index (χ0) is 22.5. The predicted octanol–water partition coefficient (Wildman–Crippen LogP) is 3.18. The van der Waals surface area contributed by atoms with Crippen LogP contribution in [0.15, 0.2) is 23.6 Å². The van der Waals surface area contributed by atoms with Crippen LogP contribution in [0.2, 0.25) is 0 Å². The molecule has 0 N–H and O–H groups in total. The highest BCUT2D eigenvalue weighted by Crippen LogP contribution is 2.47. The highest BCUT2D eigenvalue weighted by molar-refractivity contribution is 7.09. The van der Waals surface area contributed by atoms with Crippen molar-refractivity contribution in [1.82, 2.24) is 14.8 Å². The van der Waals surface area contributed by atoms with Gasteiger partial charge in [0.25, 0.3) is 11.8 Å². The van der Waals surface area contributed by atoms with Crippen molar-refractivity contribution in [3.8, 4) is 6.07 Å². The Balaban J connectivity index is 1.29. The lowest BCUT2D eigenvalue weighted by molar-refractivity contribution is -0.142. The Morgan fingerprint density at radius 1 is 1.25 bits per heavy atom. The van der Waals surface area contributed by atoms with E-state index < -0.39 is 29.5 Å².